The van der Waals surface area contributed by atoms with E-state index in [4.69, 9.17) is 0 Å². The summed E-state index contributed by atoms with van der Waals surface area (Å²) in [5.74, 6) is -4.54. The number of anilines is 1. The van der Waals surface area contributed by atoms with Crippen molar-refractivity contribution >= 4 is 40.3 Å². The Balaban J connectivity index is 1.39. The molecule has 4 rings (SSSR count). The zero-order valence-corrected chi connectivity index (χ0v) is 23.4. The maximum absolute atomic E-state index is 12.7. The van der Waals surface area contributed by atoms with Gasteiger partial charge in [-0.05, 0) is 46.0 Å². The summed E-state index contributed by atoms with van der Waals surface area (Å²) in [6.07, 6.45) is -3.89. The molecule has 3 aromatic carbocycles. The van der Waals surface area contributed by atoms with Crippen LogP contribution in [0.4, 0.5) is 19.0 Å². The van der Waals surface area contributed by atoms with Crippen molar-refractivity contribution in [3.05, 3.63) is 96.7 Å². The lowest BCUT2D eigenvalue weighted by molar-refractivity contribution is -0.202. The molecule has 3 N–H and O–H groups in total. The van der Waals surface area contributed by atoms with Crippen LogP contribution < -0.4 is 16.0 Å². The van der Waals surface area contributed by atoms with E-state index >= 15 is 0 Å². The van der Waals surface area contributed by atoms with Crippen molar-refractivity contribution in [2.45, 2.75) is 31.5 Å². The van der Waals surface area contributed by atoms with Gasteiger partial charge < -0.3 is 20.7 Å². The lowest BCUT2D eigenvalue weighted by Gasteiger charge is -2.19. The number of carbonyl (C=O) groups excluding carboxylic acids is 4. The predicted octanol–water partition coefficient (Wildman–Crippen LogP) is 5.09. The molecule has 1 aromatic heterocycles. The first kappa shape index (κ1) is 31.7. The molecule has 0 bridgehead atoms. The summed E-state index contributed by atoms with van der Waals surface area (Å²) >= 11 is 0. The number of esters is 2. The predicted molar refractivity (Wildman–Crippen MR) is 157 cm³/mol. The number of pyridine rings is 1. The molecule has 12 heteroatoms. The lowest BCUT2D eigenvalue weighted by atomic mass is 9.95. The molecule has 0 spiro atoms. The molecule has 0 aliphatic carbocycles. The Bertz CT molecular complexity index is 1610. The van der Waals surface area contributed by atoms with Gasteiger partial charge in [0.15, 0.2) is 0 Å². The molecule has 1 heterocycles. The van der Waals surface area contributed by atoms with Gasteiger partial charge in [-0.25, -0.2) is 9.78 Å². The number of aromatic nitrogens is 1. The third-order valence-electron chi connectivity index (χ3n) is 6.56. The summed E-state index contributed by atoms with van der Waals surface area (Å²) in [7, 11) is 0. The fraction of sp³-hybridized carbons (Fsp3) is 0.219. The monoisotopic (exact) mass is 606 g/mol. The highest BCUT2D eigenvalue weighted by molar-refractivity contribution is 5.96. The molecule has 9 nitrogen and oxygen atoms in total. The number of amides is 2. The number of nitrogens with one attached hydrogen (secondary N) is 3. The topological polar surface area (TPSA) is 126 Å². The minimum atomic E-state index is -5.36. The van der Waals surface area contributed by atoms with Crippen LogP contribution in [0.25, 0.3) is 21.9 Å². The van der Waals surface area contributed by atoms with Crippen molar-refractivity contribution in [3.8, 4) is 11.1 Å². The summed E-state index contributed by atoms with van der Waals surface area (Å²) in [6.45, 7) is 0.0415. The Morgan fingerprint density at radius 3 is 2.30 bits per heavy atom. The quantitative estimate of drug-likeness (QED) is 0.117. The molecule has 1 atom stereocenters. The standard InChI is InChI=1S/C32H29F3N4O5/c33-32(34,35)31(43)44-30(42)19-26(39-29(41)20-38-28(40)12-6-18-37-27-11-3-4-17-36-27)23-15-13-22(14-16-23)25-10-5-8-21-7-1-2-9-24(21)25/h1-5,7-11,13-17,26H,6,12,18-20H2,(H,36,37)(H,38,40)(H,39,41). The molecule has 2 amide bonds. The van der Waals surface area contributed by atoms with E-state index in [1.165, 1.54) is 0 Å². The molecule has 0 aliphatic heterocycles. The second-order valence-electron chi connectivity index (χ2n) is 9.75. The molecule has 4 aromatic rings. The minimum absolute atomic E-state index is 0.123. The Labute approximate surface area is 250 Å². The second-order valence-corrected chi connectivity index (χ2v) is 9.75. The van der Waals surface area contributed by atoms with Gasteiger partial charge >= 0.3 is 18.1 Å². The number of halogens is 3. The van der Waals surface area contributed by atoms with E-state index in [0.29, 0.717) is 24.3 Å². The van der Waals surface area contributed by atoms with E-state index in [9.17, 15) is 32.3 Å². The minimum Gasteiger partial charge on any atom is -0.386 e. The van der Waals surface area contributed by atoms with Gasteiger partial charge in [-0.3, -0.25) is 14.4 Å². The van der Waals surface area contributed by atoms with Gasteiger partial charge in [0.2, 0.25) is 11.8 Å². The molecule has 228 valence electrons. The number of ether oxygens (including phenoxy) is 1. The van der Waals surface area contributed by atoms with Crippen LogP contribution in [0.5, 0.6) is 0 Å². The second kappa shape index (κ2) is 14.8. The number of carbonyl (C=O) groups is 4. The van der Waals surface area contributed by atoms with Crippen LogP contribution >= 0.6 is 0 Å². The van der Waals surface area contributed by atoms with E-state index in [2.05, 4.69) is 25.7 Å². The molecular formula is C32H29F3N4O5. The van der Waals surface area contributed by atoms with Crippen LogP contribution in [-0.4, -0.2) is 48.0 Å². The Morgan fingerprint density at radius 2 is 1.57 bits per heavy atom. The van der Waals surface area contributed by atoms with E-state index in [0.717, 1.165) is 21.9 Å². The van der Waals surface area contributed by atoms with Crippen LogP contribution in [0, 0.1) is 0 Å². The number of hydrogen-bond donors (Lipinski definition) is 3. The van der Waals surface area contributed by atoms with Crippen LogP contribution in [-0.2, 0) is 23.9 Å². The Hall–Kier alpha value is -5.26. The van der Waals surface area contributed by atoms with Crippen LogP contribution in [0.1, 0.15) is 30.9 Å². The normalized spacial score (nSPS) is 11.8. The van der Waals surface area contributed by atoms with Crippen LogP contribution in [0.15, 0.2) is 91.1 Å². The van der Waals surface area contributed by atoms with Gasteiger partial charge in [-0.15, -0.1) is 0 Å². The summed E-state index contributed by atoms with van der Waals surface area (Å²) in [6, 6.07) is 24.6. The molecular weight excluding hydrogens is 577 g/mol. The number of nitrogens with zero attached hydrogens (tertiary/aromatic N) is 1. The van der Waals surface area contributed by atoms with Crippen LogP contribution in [0.3, 0.4) is 0 Å². The fourth-order valence-corrected chi connectivity index (χ4v) is 4.44. The van der Waals surface area contributed by atoms with Crippen molar-refractivity contribution in [3.63, 3.8) is 0 Å². The van der Waals surface area contributed by atoms with Crippen molar-refractivity contribution in [2.24, 2.45) is 0 Å². The molecule has 44 heavy (non-hydrogen) atoms. The van der Waals surface area contributed by atoms with E-state index < -0.39 is 48.9 Å². The number of alkyl halides is 3. The van der Waals surface area contributed by atoms with Gasteiger partial charge in [-0.1, -0.05) is 72.8 Å². The zero-order valence-electron chi connectivity index (χ0n) is 23.4. The third-order valence-corrected chi connectivity index (χ3v) is 6.56. The van der Waals surface area contributed by atoms with Crippen molar-refractivity contribution in [1.82, 2.24) is 15.6 Å². The zero-order chi connectivity index (χ0) is 31.5. The van der Waals surface area contributed by atoms with E-state index in [1.807, 2.05) is 48.5 Å². The molecule has 0 saturated carbocycles. The van der Waals surface area contributed by atoms with Crippen LogP contribution in [0.2, 0.25) is 0 Å². The molecule has 0 radical (unpaired) electrons. The summed E-state index contributed by atoms with van der Waals surface area (Å²) in [5.41, 5.74) is 2.14. The summed E-state index contributed by atoms with van der Waals surface area (Å²) < 4.78 is 41.8. The highest BCUT2D eigenvalue weighted by atomic mass is 19.4. The fourth-order valence-electron chi connectivity index (χ4n) is 4.44. The maximum Gasteiger partial charge on any atom is 0.491 e. The third kappa shape index (κ3) is 9.12. The van der Waals surface area contributed by atoms with Crippen molar-refractivity contribution in [1.29, 1.82) is 0 Å². The smallest absolute Gasteiger partial charge is 0.386 e. The first-order valence-corrected chi connectivity index (χ1v) is 13.7. The average molecular weight is 607 g/mol. The van der Waals surface area contributed by atoms with Gasteiger partial charge in [-0.2, -0.15) is 13.2 Å². The molecule has 0 saturated heterocycles. The Morgan fingerprint density at radius 1 is 0.841 bits per heavy atom. The molecule has 0 fully saturated rings. The molecule has 1 unspecified atom stereocenters. The van der Waals surface area contributed by atoms with E-state index in [1.54, 1.807) is 42.6 Å². The number of fused-ring (bicyclic) bond motifs is 1. The summed E-state index contributed by atoms with van der Waals surface area (Å²) in [4.78, 5) is 52.5. The van der Waals surface area contributed by atoms with Crippen molar-refractivity contribution < 1.29 is 37.1 Å². The first-order valence-electron chi connectivity index (χ1n) is 13.7. The van der Waals surface area contributed by atoms with Crippen molar-refractivity contribution in [2.75, 3.05) is 18.4 Å². The maximum atomic E-state index is 12.7. The molecule has 0 aliphatic rings. The van der Waals surface area contributed by atoms with Gasteiger partial charge in [0.05, 0.1) is 19.0 Å². The highest BCUT2D eigenvalue weighted by Crippen LogP contribution is 2.30. The Kier molecular flexibility index (Phi) is 10.6. The highest BCUT2D eigenvalue weighted by Gasteiger charge is 2.42. The number of hydrogen-bond acceptors (Lipinski definition) is 7. The number of rotatable bonds is 12. The number of benzene rings is 3. The summed E-state index contributed by atoms with van der Waals surface area (Å²) in [5, 5.41) is 10.1. The SMILES string of the molecule is O=C(CCCNc1ccccn1)NCC(=O)NC(CC(=O)OC(=O)C(F)(F)F)c1ccc(-c2cccc3ccccc23)cc1. The van der Waals surface area contributed by atoms with E-state index in [-0.39, 0.29) is 6.42 Å². The average Bonchev–Trinajstić information content (AvgIpc) is 3.01. The van der Waals surface area contributed by atoms with Gasteiger partial charge in [0.1, 0.15) is 5.82 Å². The largest absolute Gasteiger partial charge is 0.491 e. The lowest BCUT2D eigenvalue weighted by Crippen LogP contribution is -2.39. The van der Waals surface area contributed by atoms with Gasteiger partial charge in [0, 0.05) is 19.2 Å². The first-order chi connectivity index (χ1) is 21.1. The van der Waals surface area contributed by atoms with Gasteiger partial charge in [0.25, 0.3) is 0 Å².